The first kappa shape index (κ1) is 27.5. The molecule has 1 aromatic heterocycles. The van der Waals surface area contributed by atoms with Crippen molar-refractivity contribution in [3.63, 3.8) is 0 Å². The van der Waals surface area contributed by atoms with Crippen LogP contribution in [0.3, 0.4) is 0 Å². The van der Waals surface area contributed by atoms with Gasteiger partial charge in [0.05, 0.1) is 0 Å². The summed E-state index contributed by atoms with van der Waals surface area (Å²) in [6.07, 6.45) is 3.72. The molecule has 1 aliphatic rings. The molecule has 5 rings (SSSR count). The number of fused-ring (bicyclic) bond motifs is 1. The number of nitrogens with zero attached hydrogens (tertiary/aromatic N) is 1. The number of likely N-dealkylation sites (tertiary alicyclic amines) is 1. The van der Waals surface area contributed by atoms with Crippen LogP contribution >= 0.6 is 0 Å². The third kappa shape index (κ3) is 6.87. The van der Waals surface area contributed by atoms with Gasteiger partial charge in [-0.2, -0.15) is 0 Å². The Kier molecular flexibility index (Phi) is 8.95. The standard InChI is InChI=1S/C23H26N2O.C8H9BO3/c1-16-5-4-11-25(16)12-10-22-15-21-14-20(8-9-23(21)24-22)19-7-3-6-18(13-19)17(2)26;1-6(10)7-3-2-4-8(5-7)9(11)12/h3,6-9,13-16,24H,4-5,10-12H2,1-2H3;2-5,11-12H,1H3/t16-;/m1./s1. The van der Waals surface area contributed by atoms with Gasteiger partial charge in [-0.05, 0) is 81.0 Å². The van der Waals surface area contributed by atoms with Crippen LogP contribution in [0.25, 0.3) is 22.0 Å². The van der Waals surface area contributed by atoms with Crippen molar-refractivity contribution >= 4 is 35.1 Å². The highest BCUT2D eigenvalue weighted by Gasteiger charge is 2.19. The van der Waals surface area contributed by atoms with Crippen molar-refractivity contribution < 1.29 is 19.6 Å². The molecule has 0 saturated carbocycles. The van der Waals surface area contributed by atoms with E-state index in [0.717, 1.165) is 35.7 Å². The van der Waals surface area contributed by atoms with E-state index < -0.39 is 7.12 Å². The Labute approximate surface area is 224 Å². The Balaban J connectivity index is 0.000000236. The second-order valence-electron chi connectivity index (χ2n) is 10.1. The SMILES string of the molecule is CC(=O)c1cccc(-c2ccc3[nH]c(CCN4CCC[C@H]4C)cc3c2)c1.CC(=O)c1cccc(B(O)O)c1. The van der Waals surface area contributed by atoms with E-state index in [1.54, 1.807) is 25.1 Å². The normalized spacial score (nSPS) is 15.2. The van der Waals surface area contributed by atoms with Gasteiger partial charge < -0.3 is 19.9 Å². The summed E-state index contributed by atoms with van der Waals surface area (Å²) in [6, 6.07) is 23.6. The van der Waals surface area contributed by atoms with E-state index in [1.807, 2.05) is 18.2 Å². The monoisotopic (exact) mass is 510 g/mol. The van der Waals surface area contributed by atoms with Gasteiger partial charge in [-0.3, -0.25) is 9.59 Å². The molecular weight excluding hydrogens is 475 g/mol. The van der Waals surface area contributed by atoms with Crippen molar-refractivity contribution in [3.8, 4) is 11.1 Å². The summed E-state index contributed by atoms with van der Waals surface area (Å²) in [6.45, 7) is 7.74. The molecule has 2 heterocycles. The van der Waals surface area contributed by atoms with Crippen LogP contribution in [-0.2, 0) is 6.42 Å². The van der Waals surface area contributed by atoms with Gasteiger partial charge in [0.1, 0.15) is 0 Å². The number of H-pyrrole nitrogens is 1. The molecule has 3 aromatic carbocycles. The molecule has 0 amide bonds. The molecule has 38 heavy (non-hydrogen) atoms. The fraction of sp³-hybridized carbons (Fsp3) is 0.290. The summed E-state index contributed by atoms with van der Waals surface area (Å²) in [5.74, 6) is 0.0190. The Morgan fingerprint density at radius 1 is 0.921 bits per heavy atom. The van der Waals surface area contributed by atoms with Crippen LogP contribution in [0.5, 0.6) is 0 Å². The van der Waals surface area contributed by atoms with Crippen molar-refractivity contribution in [2.75, 3.05) is 13.1 Å². The molecule has 1 aliphatic heterocycles. The van der Waals surface area contributed by atoms with Gasteiger partial charge in [-0.15, -0.1) is 0 Å². The highest BCUT2D eigenvalue weighted by molar-refractivity contribution is 6.58. The largest absolute Gasteiger partial charge is 0.488 e. The lowest BCUT2D eigenvalue weighted by molar-refractivity contribution is 0.100. The van der Waals surface area contributed by atoms with Crippen LogP contribution in [0.2, 0.25) is 0 Å². The van der Waals surface area contributed by atoms with Crippen LogP contribution in [0.4, 0.5) is 0 Å². The minimum atomic E-state index is -1.51. The molecule has 196 valence electrons. The number of rotatable bonds is 7. The molecule has 0 spiro atoms. The number of hydrogen-bond donors (Lipinski definition) is 3. The molecule has 6 nitrogen and oxygen atoms in total. The number of aromatic nitrogens is 1. The summed E-state index contributed by atoms with van der Waals surface area (Å²) >= 11 is 0. The molecule has 1 fully saturated rings. The Bertz CT molecular complexity index is 1430. The molecule has 0 bridgehead atoms. The maximum absolute atomic E-state index is 11.6. The molecule has 0 unspecified atom stereocenters. The van der Waals surface area contributed by atoms with Gasteiger partial charge in [0.2, 0.25) is 0 Å². The third-order valence-electron chi connectivity index (χ3n) is 7.23. The van der Waals surface area contributed by atoms with Crippen LogP contribution in [0.1, 0.15) is 60.0 Å². The fourth-order valence-corrected chi connectivity index (χ4v) is 4.93. The Hall–Kier alpha value is -3.52. The van der Waals surface area contributed by atoms with Gasteiger partial charge in [0.15, 0.2) is 11.6 Å². The Morgan fingerprint density at radius 3 is 2.26 bits per heavy atom. The second-order valence-corrected chi connectivity index (χ2v) is 10.1. The van der Waals surface area contributed by atoms with Crippen LogP contribution in [0, 0.1) is 0 Å². The zero-order valence-electron chi connectivity index (χ0n) is 22.3. The summed E-state index contributed by atoms with van der Waals surface area (Å²) < 4.78 is 0. The van der Waals surface area contributed by atoms with E-state index in [-0.39, 0.29) is 11.6 Å². The van der Waals surface area contributed by atoms with E-state index >= 15 is 0 Å². The zero-order valence-corrected chi connectivity index (χ0v) is 22.3. The maximum Gasteiger partial charge on any atom is 0.488 e. The summed E-state index contributed by atoms with van der Waals surface area (Å²) in [5, 5.41) is 18.8. The van der Waals surface area contributed by atoms with Crippen molar-refractivity contribution in [1.29, 1.82) is 0 Å². The van der Waals surface area contributed by atoms with Crippen molar-refractivity contribution in [3.05, 3.63) is 89.6 Å². The maximum atomic E-state index is 11.6. The number of nitrogens with one attached hydrogen (secondary N) is 1. The fourth-order valence-electron chi connectivity index (χ4n) is 4.93. The number of carbonyl (C=O) groups is 2. The highest BCUT2D eigenvalue weighted by atomic mass is 16.4. The van der Waals surface area contributed by atoms with Crippen molar-refractivity contribution in [2.24, 2.45) is 0 Å². The number of ketones is 2. The smallest absolute Gasteiger partial charge is 0.423 e. The molecule has 0 radical (unpaired) electrons. The second kappa shape index (κ2) is 12.4. The van der Waals surface area contributed by atoms with Crippen LogP contribution in [0.15, 0.2) is 72.8 Å². The Morgan fingerprint density at radius 2 is 1.61 bits per heavy atom. The lowest BCUT2D eigenvalue weighted by atomic mass is 9.79. The zero-order chi connectivity index (χ0) is 27.2. The first-order valence-corrected chi connectivity index (χ1v) is 13.2. The molecule has 1 atom stereocenters. The van der Waals surface area contributed by atoms with E-state index in [4.69, 9.17) is 10.0 Å². The number of hydrogen-bond acceptors (Lipinski definition) is 5. The lowest BCUT2D eigenvalue weighted by Gasteiger charge is -2.20. The van der Waals surface area contributed by atoms with E-state index in [0.29, 0.717) is 11.0 Å². The van der Waals surface area contributed by atoms with Crippen molar-refractivity contribution in [1.82, 2.24) is 9.88 Å². The lowest BCUT2D eigenvalue weighted by Crippen LogP contribution is -2.30. The van der Waals surface area contributed by atoms with E-state index in [2.05, 4.69) is 47.1 Å². The summed E-state index contributed by atoms with van der Waals surface area (Å²) in [4.78, 5) is 28.6. The third-order valence-corrected chi connectivity index (χ3v) is 7.23. The van der Waals surface area contributed by atoms with Crippen molar-refractivity contribution in [2.45, 2.75) is 46.1 Å². The summed E-state index contributed by atoms with van der Waals surface area (Å²) in [7, 11) is -1.51. The summed E-state index contributed by atoms with van der Waals surface area (Å²) in [5.41, 5.74) is 6.31. The molecule has 3 N–H and O–H groups in total. The molecular formula is C31H35BN2O4. The van der Waals surface area contributed by atoms with Crippen LogP contribution in [-0.4, -0.2) is 57.7 Å². The van der Waals surface area contributed by atoms with Gasteiger partial charge in [0.25, 0.3) is 0 Å². The topological polar surface area (TPSA) is 93.6 Å². The predicted molar refractivity (Wildman–Crippen MR) is 154 cm³/mol. The van der Waals surface area contributed by atoms with Gasteiger partial charge in [-0.25, -0.2) is 0 Å². The molecule has 4 aromatic rings. The first-order valence-electron chi connectivity index (χ1n) is 13.2. The highest BCUT2D eigenvalue weighted by Crippen LogP contribution is 2.26. The number of benzene rings is 3. The van der Waals surface area contributed by atoms with Gasteiger partial charge >= 0.3 is 7.12 Å². The quantitative estimate of drug-likeness (QED) is 0.249. The minimum Gasteiger partial charge on any atom is -0.423 e. The number of Topliss-reactive ketones (excluding diaryl/α,β-unsaturated/α-hetero) is 2. The average Bonchev–Trinajstić information content (AvgIpc) is 3.52. The number of aromatic amines is 1. The predicted octanol–water partition coefficient (Wildman–Crippen LogP) is 4.63. The molecule has 7 heteroatoms. The molecule has 0 aliphatic carbocycles. The average molecular weight is 510 g/mol. The van der Waals surface area contributed by atoms with Gasteiger partial charge in [0, 0.05) is 46.7 Å². The minimum absolute atomic E-state index is 0.0856. The van der Waals surface area contributed by atoms with Gasteiger partial charge in [-0.1, -0.05) is 48.5 Å². The van der Waals surface area contributed by atoms with Crippen LogP contribution < -0.4 is 5.46 Å². The van der Waals surface area contributed by atoms with E-state index in [9.17, 15) is 9.59 Å². The molecule has 1 saturated heterocycles. The number of carbonyl (C=O) groups excluding carboxylic acids is 2. The first-order chi connectivity index (χ1) is 18.2. The van der Waals surface area contributed by atoms with E-state index in [1.165, 1.54) is 49.0 Å².